The van der Waals surface area contributed by atoms with Gasteiger partial charge in [0.15, 0.2) is 0 Å². The van der Waals surface area contributed by atoms with Crippen LogP contribution in [0.3, 0.4) is 0 Å². The van der Waals surface area contributed by atoms with Crippen LogP contribution in [0, 0.1) is 0 Å². The second-order valence-electron chi connectivity index (χ2n) is 9.21. The Hall–Kier alpha value is -2.64. The molecular formula is C24H38N4O4. The lowest BCUT2D eigenvalue weighted by molar-refractivity contribution is -0.117. The third-order valence-electron chi connectivity index (χ3n) is 6.22. The van der Waals surface area contributed by atoms with Gasteiger partial charge in [0.05, 0.1) is 0 Å². The molecule has 0 spiro atoms. The Morgan fingerprint density at radius 3 is 1.38 bits per heavy atom. The monoisotopic (exact) mass is 446 g/mol. The number of hydrogen-bond acceptors (Lipinski definition) is 6. The number of hydrogen-bond donors (Lipinski definition) is 2. The lowest BCUT2D eigenvalue weighted by atomic mass is 9.97. The third kappa shape index (κ3) is 5.58. The van der Waals surface area contributed by atoms with Crippen molar-refractivity contribution in [1.29, 1.82) is 0 Å². The molecule has 2 rings (SSSR count). The van der Waals surface area contributed by atoms with Crippen LogP contribution in [0.2, 0.25) is 0 Å². The molecular weight excluding hydrogens is 408 g/mol. The Kier molecular flexibility index (Phi) is 8.26. The van der Waals surface area contributed by atoms with Gasteiger partial charge in [-0.15, -0.1) is 0 Å². The summed E-state index contributed by atoms with van der Waals surface area (Å²) in [4.78, 5) is 33.3. The summed E-state index contributed by atoms with van der Waals surface area (Å²) in [5, 5.41) is 5.93. The molecule has 32 heavy (non-hydrogen) atoms. The zero-order valence-electron chi connectivity index (χ0n) is 20.8. The van der Waals surface area contributed by atoms with Crippen molar-refractivity contribution in [3.05, 3.63) is 22.3 Å². The van der Waals surface area contributed by atoms with Crippen molar-refractivity contribution in [2.75, 3.05) is 27.2 Å². The number of ether oxygens (including phenoxy) is 2. The highest BCUT2D eigenvalue weighted by Gasteiger charge is 2.40. The largest absolute Gasteiger partial charge is 0.467 e. The van der Waals surface area contributed by atoms with Gasteiger partial charge in [0.25, 0.3) is 11.8 Å². The van der Waals surface area contributed by atoms with Gasteiger partial charge in [-0.3, -0.25) is 19.6 Å². The molecule has 0 atom stereocenters. The number of amides is 2. The average molecular weight is 447 g/mol. The number of carbonyl (C=O) groups is 2. The van der Waals surface area contributed by atoms with E-state index in [-0.39, 0.29) is 11.8 Å². The molecule has 0 saturated carbocycles. The second kappa shape index (κ2) is 10.3. The predicted octanol–water partition coefficient (Wildman–Crippen LogP) is 3.09. The number of unbranched alkanes of at least 4 members (excludes halogenated alkanes) is 3. The molecule has 2 aliphatic heterocycles. The third-order valence-corrected chi connectivity index (χ3v) is 6.22. The minimum Gasteiger partial charge on any atom is -0.467 e. The molecule has 8 heteroatoms. The fraction of sp³-hybridized carbons (Fsp3) is 0.667. The Morgan fingerprint density at radius 2 is 1.06 bits per heavy atom. The van der Waals surface area contributed by atoms with Gasteiger partial charge < -0.3 is 20.1 Å². The lowest BCUT2D eigenvalue weighted by Crippen LogP contribution is -2.29. The Bertz CT molecular complexity index is 806. The van der Waals surface area contributed by atoms with Gasteiger partial charge in [-0.1, -0.05) is 12.8 Å². The van der Waals surface area contributed by atoms with Crippen LogP contribution in [0.25, 0.3) is 0 Å². The molecule has 178 valence electrons. The molecule has 0 saturated heterocycles. The highest BCUT2D eigenvalue weighted by atomic mass is 16.5. The van der Waals surface area contributed by atoms with Gasteiger partial charge in [-0.2, -0.15) is 0 Å². The van der Waals surface area contributed by atoms with Gasteiger partial charge in [-0.25, -0.2) is 0 Å². The van der Waals surface area contributed by atoms with Gasteiger partial charge in [0.2, 0.25) is 11.8 Å². The molecule has 0 aromatic heterocycles. The van der Waals surface area contributed by atoms with Crippen LogP contribution in [0.1, 0.15) is 67.2 Å². The van der Waals surface area contributed by atoms with Crippen LogP contribution >= 0.6 is 0 Å². The molecule has 0 aromatic carbocycles. The first kappa shape index (κ1) is 25.6. The maximum absolute atomic E-state index is 12.6. The number of carbonyl (C=O) groups excluding carboxylic acids is 2. The van der Waals surface area contributed by atoms with E-state index < -0.39 is 11.2 Å². The SMILES string of the molecule is CN=C1OC(C)(C)C(C)=C1C(=O)NCCCCCCNC(=O)C1=C(C)C(C)(C)OC1=NC. The first-order valence-electron chi connectivity index (χ1n) is 11.3. The number of nitrogens with one attached hydrogen (secondary N) is 2. The Labute approximate surface area is 191 Å². The van der Waals surface area contributed by atoms with E-state index in [0.717, 1.165) is 36.8 Å². The molecule has 0 aromatic rings. The summed E-state index contributed by atoms with van der Waals surface area (Å²) in [6.07, 6.45) is 3.66. The zero-order chi connectivity index (χ0) is 24.1. The number of nitrogens with zero attached hydrogens (tertiary/aromatic N) is 2. The molecule has 0 radical (unpaired) electrons. The number of rotatable bonds is 9. The molecule has 2 heterocycles. The van der Waals surface area contributed by atoms with Crippen LogP contribution in [0.4, 0.5) is 0 Å². The molecule has 2 aliphatic rings. The van der Waals surface area contributed by atoms with E-state index in [1.54, 1.807) is 14.1 Å². The van der Waals surface area contributed by atoms with Crippen LogP contribution in [0.15, 0.2) is 32.3 Å². The highest BCUT2D eigenvalue weighted by Crippen LogP contribution is 2.33. The van der Waals surface area contributed by atoms with Gasteiger partial charge in [0, 0.05) is 27.2 Å². The summed E-state index contributed by atoms with van der Waals surface area (Å²) in [7, 11) is 3.26. The molecule has 8 nitrogen and oxygen atoms in total. The van der Waals surface area contributed by atoms with E-state index in [2.05, 4.69) is 20.6 Å². The molecule has 0 aliphatic carbocycles. The predicted molar refractivity (Wildman–Crippen MR) is 127 cm³/mol. The van der Waals surface area contributed by atoms with Crippen molar-refractivity contribution >= 4 is 23.6 Å². The summed E-state index contributed by atoms with van der Waals surface area (Å²) in [6.45, 7) is 12.7. The highest BCUT2D eigenvalue weighted by molar-refractivity contribution is 6.21. The van der Waals surface area contributed by atoms with E-state index in [1.807, 2.05) is 41.5 Å². The van der Waals surface area contributed by atoms with Gasteiger partial charge in [-0.05, 0) is 65.5 Å². The van der Waals surface area contributed by atoms with Crippen molar-refractivity contribution in [2.45, 2.75) is 78.4 Å². The summed E-state index contributed by atoms with van der Waals surface area (Å²) in [6, 6.07) is 0. The zero-order valence-corrected chi connectivity index (χ0v) is 20.8. The average Bonchev–Trinajstić information content (AvgIpc) is 3.11. The standard InChI is InChI=1S/C24H38N4O4/c1-15-17(21(25-7)31-23(15,3)4)19(29)27-13-11-9-10-12-14-28-20(30)18-16(2)24(5,6)32-22(18)26-8/h9-14H2,1-8H3,(H,27,29)(H,28,30). The van der Waals surface area contributed by atoms with Gasteiger partial charge in [0.1, 0.15) is 22.3 Å². The topological polar surface area (TPSA) is 101 Å². The molecule has 2 amide bonds. The summed E-state index contributed by atoms with van der Waals surface area (Å²) >= 11 is 0. The minimum absolute atomic E-state index is 0.139. The van der Waals surface area contributed by atoms with Crippen molar-refractivity contribution < 1.29 is 19.1 Å². The second-order valence-corrected chi connectivity index (χ2v) is 9.21. The Morgan fingerprint density at radius 1 is 0.719 bits per heavy atom. The lowest BCUT2D eigenvalue weighted by Gasteiger charge is -2.19. The first-order valence-corrected chi connectivity index (χ1v) is 11.3. The summed E-state index contributed by atoms with van der Waals surface area (Å²) in [5.74, 6) is 0.524. The quantitative estimate of drug-likeness (QED) is 0.532. The fourth-order valence-electron chi connectivity index (χ4n) is 3.70. The summed E-state index contributed by atoms with van der Waals surface area (Å²) < 4.78 is 11.5. The van der Waals surface area contributed by atoms with E-state index in [0.29, 0.717) is 36.0 Å². The van der Waals surface area contributed by atoms with E-state index >= 15 is 0 Å². The Balaban J connectivity index is 1.68. The van der Waals surface area contributed by atoms with Crippen molar-refractivity contribution in [3.63, 3.8) is 0 Å². The first-order chi connectivity index (χ1) is 15.0. The molecule has 2 N–H and O–H groups in total. The van der Waals surface area contributed by atoms with Crippen molar-refractivity contribution in [2.24, 2.45) is 9.98 Å². The fourth-order valence-corrected chi connectivity index (χ4v) is 3.70. The van der Waals surface area contributed by atoms with Crippen LogP contribution in [-0.2, 0) is 19.1 Å². The van der Waals surface area contributed by atoms with Crippen LogP contribution in [0.5, 0.6) is 0 Å². The minimum atomic E-state index is -0.509. The maximum atomic E-state index is 12.6. The van der Waals surface area contributed by atoms with E-state index in [9.17, 15) is 9.59 Å². The van der Waals surface area contributed by atoms with Crippen molar-refractivity contribution in [3.8, 4) is 0 Å². The molecule has 0 fully saturated rings. The number of aliphatic imine (C=N–C) groups is 2. The van der Waals surface area contributed by atoms with Gasteiger partial charge >= 0.3 is 0 Å². The normalized spacial score (nSPS) is 21.8. The summed E-state index contributed by atoms with van der Waals surface area (Å²) in [5.41, 5.74) is 1.85. The van der Waals surface area contributed by atoms with E-state index in [4.69, 9.17) is 9.47 Å². The van der Waals surface area contributed by atoms with Crippen molar-refractivity contribution in [1.82, 2.24) is 10.6 Å². The maximum Gasteiger partial charge on any atom is 0.256 e. The molecule has 0 unspecified atom stereocenters. The van der Waals surface area contributed by atoms with E-state index in [1.165, 1.54) is 0 Å². The molecule has 0 bridgehead atoms. The smallest absolute Gasteiger partial charge is 0.256 e. The van der Waals surface area contributed by atoms with Crippen LogP contribution < -0.4 is 10.6 Å². The van der Waals surface area contributed by atoms with Crippen LogP contribution in [-0.4, -0.2) is 62.0 Å².